The van der Waals surface area contributed by atoms with Crippen LogP contribution in [0.5, 0.6) is 5.75 Å². The first-order chi connectivity index (χ1) is 19.1. The van der Waals surface area contributed by atoms with E-state index in [-0.39, 0.29) is 35.8 Å². The zero-order valence-electron chi connectivity index (χ0n) is 23.9. The van der Waals surface area contributed by atoms with Crippen molar-refractivity contribution in [1.82, 2.24) is 9.80 Å². The molecule has 0 spiro atoms. The molecule has 1 saturated heterocycles. The average molecular weight is 588 g/mol. The standard InChI is InChI=1S/C30H38ClN3O7/c1-12(2)11-34-13(3)6-7-18(34)15-10-19(35)21-16(23(15)31)8-14-9-17-24(33(4)5)26(37)22(29(32)40)28(39)30(17,41)27(38)20(14)25(21)36/h10,12-14,17-18,24,35-36,39,41H,6-9,11H2,1-5H3,(H2,32,40)/t13?,14-,17-,18?,24-,30-/m0/s1. The summed E-state index contributed by atoms with van der Waals surface area (Å²) in [5.74, 6) is -6.34. The van der Waals surface area contributed by atoms with Gasteiger partial charge in [0.1, 0.15) is 22.8 Å². The van der Waals surface area contributed by atoms with Crippen molar-refractivity contribution in [1.29, 1.82) is 0 Å². The molecule has 5 rings (SSSR count). The summed E-state index contributed by atoms with van der Waals surface area (Å²) in [6.45, 7) is 7.33. The van der Waals surface area contributed by atoms with Crippen LogP contribution in [-0.2, 0) is 20.8 Å². The minimum absolute atomic E-state index is 0.0106. The SMILES string of the molecule is CC(C)CN1C(C)CCC1c1cc(O)c2c(c1Cl)C[C@H]1C[C@H]3[C@H](N(C)C)C(=O)C(C(N)=O)=C(O)[C@@]3(O)C(=O)C1=C2O. The number of carbonyl (C=O) groups excluding carboxylic acids is 3. The second kappa shape index (κ2) is 10.1. The molecule has 2 fully saturated rings. The third-order valence-electron chi connectivity index (χ3n) is 9.44. The Morgan fingerprint density at radius 2 is 1.88 bits per heavy atom. The van der Waals surface area contributed by atoms with E-state index in [0.717, 1.165) is 24.9 Å². The van der Waals surface area contributed by atoms with E-state index >= 15 is 0 Å². The molecule has 6 atom stereocenters. The first-order valence-electron chi connectivity index (χ1n) is 14.1. The van der Waals surface area contributed by atoms with E-state index in [1.54, 1.807) is 20.2 Å². The molecule has 1 aliphatic heterocycles. The Morgan fingerprint density at radius 3 is 2.46 bits per heavy atom. The van der Waals surface area contributed by atoms with Gasteiger partial charge in [0.15, 0.2) is 11.4 Å². The van der Waals surface area contributed by atoms with Crippen LogP contribution in [0.25, 0.3) is 5.76 Å². The number of rotatable bonds is 5. The van der Waals surface area contributed by atoms with Crippen molar-refractivity contribution in [2.24, 2.45) is 23.5 Å². The molecule has 3 aliphatic carbocycles. The van der Waals surface area contributed by atoms with Crippen LogP contribution < -0.4 is 5.73 Å². The van der Waals surface area contributed by atoms with Gasteiger partial charge in [-0.15, -0.1) is 0 Å². The van der Waals surface area contributed by atoms with Crippen molar-refractivity contribution in [3.63, 3.8) is 0 Å². The zero-order chi connectivity index (χ0) is 30.3. The largest absolute Gasteiger partial charge is 0.508 e. The van der Waals surface area contributed by atoms with E-state index in [1.807, 2.05) is 0 Å². The Hall–Kier alpha value is -2.92. The Labute approximate surface area is 244 Å². The number of ketones is 2. The molecule has 1 saturated carbocycles. The van der Waals surface area contributed by atoms with E-state index in [4.69, 9.17) is 17.3 Å². The molecule has 222 valence electrons. The molecule has 11 heteroatoms. The molecule has 4 aliphatic rings. The van der Waals surface area contributed by atoms with Gasteiger partial charge in [0.25, 0.3) is 5.91 Å². The van der Waals surface area contributed by atoms with Crippen molar-refractivity contribution in [2.45, 2.75) is 70.2 Å². The van der Waals surface area contributed by atoms with Crippen LogP contribution in [0.4, 0.5) is 0 Å². The topological polar surface area (TPSA) is 165 Å². The van der Waals surface area contributed by atoms with Crippen LogP contribution >= 0.6 is 11.6 Å². The summed E-state index contributed by atoms with van der Waals surface area (Å²) >= 11 is 7.04. The highest BCUT2D eigenvalue weighted by atomic mass is 35.5. The number of hydrogen-bond donors (Lipinski definition) is 5. The normalized spacial score (nSPS) is 32.1. The first kappa shape index (κ1) is 29.6. The van der Waals surface area contributed by atoms with Gasteiger partial charge in [0, 0.05) is 35.1 Å². The number of nitrogens with two attached hydrogens (primary N) is 1. The fourth-order valence-corrected chi connectivity index (χ4v) is 8.01. The number of likely N-dealkylation sites (tertiary alicyclic amines) is 1. The number of phenols is 1. The predicted octanol–water partition coefficient (Wildman–Crippen LogP) is 2.80. The highest BCUT2D eigenvalue weighted by molar-refractivity contribution is 6.33. The Bertz CT molecular complexity index is 1420. The Morgan fingerprint density at radius 1 is 1.22 bits per heavy atom. The van der Waals surface area contributed by atoms with Crippen molar-refractivity contribution in [3.05, 3.63) is 44.7 Å². The van der Waals surface area contributed by atoms with Crippen LogP contribution in [0.15, 0.2) is 23.0 Å². The highest BCUT2D eigenvalue weighted by Crippen LogP contribution is 2.54. The number of carbonyl (C=O) groups is 3. The number of aliphatic hydroxyl groups is 3. The number of primary amides is 1. The number of aliphatic hydroxyl groups excluding tert-OH is 2. The fourth-order valence-electron chi connectivity index (χ4n) is 7.65. The molecule has 41 heavy (non-hydrogen) atoms. The van der Waals surface area contributed by atoms with Crippen LogP contribution in [0.1, 0.15) is 62.8 Å². The number of fused-ring (bicyclic) bond motifs is 3. The number of halogens is 1. The first-order valence-corrected chi connectivity index (χ1v) is 14.4. The second-order valence-corrected chi connectivity index (χ2v) is 13.0. The van der Waals surface area contributed by atoms with E-state index < -0.39 is 58.0 Å². The molecule has 6 N–H and O–H groups in total. The molecule has 10 nitrogen and oxygen atoms in total. The van der Waals surface area contributed by atoms with Gasteiger partial charge in [-0.3, -0.25) is 24.2 Å². The molecule has 1 aromatic carbocycles. The fraction of sp³-hybridized carbons (Fsp3) is 0.567. The molecule has 0 radical (unpaired) electrons. The highest BCUT2D eigenvalue weighted by Gasteiger charge is 2.64. The van der Waals surface area contributed by atoms with E-state index in [0.29, 0.717) is 22.5 Å². The van der Waals surface area contributed by atoms with Gasteiger partial charge in [0.05, 0.1) is 11.6 Å². The molecular formula is C30H38ClN3O7. The predicted molar refractivity (Wildman–Crippen MR) is 152 cm³/mol. The third kappa shape index (κ3) is 4.21. The lowest BCUT2D eigenvalue weighted by Crippen LogP contribution is -2.65. The maximum atomic E-state index is 14.0. The van der Waals surface area contributed by atoms with Gasteiger partial charge in [0.2, 0.25) is 5.78 Å². The number of hydrogen-bond acceptors (Lipinski definition) is 9. The van der Waals surface area contributed by atoms with Crippen LogP contribution in [0.2, 0.25) is 5.02 Å². The van der Waals surface area contributed by atoms with Gasteiger partial charge < -0.3 is 26.2 Å². The van der Waals surface area contributed by atoms with Crippen molar-refractivity contribution in [2.75, 3.05) is 20.6 Å². The zero-order valence-corrected chi connectivity index (χ0v) is 24.7. The number of phenolic OH excluding ortho intramolecular Hbond substituents is 1. The summed E-state index contributed by atoms with van der Waals surface area (Å²) in [7, 11) is 3.14. The summed E-state index contributed by atoms with van der Waals surface area (Å²) in [5.41, 5.74) is 2.95. The van der Waals surface area contributed by atoms with Crippen molar-refractivity contribution in [3.8, 4) is 5.75 Å². The Balaban J connectivity index is 1.66. The van der Waals surface area contributed by atoms with Crippen LogP contribution in [-0.4, -0.2) is 86.0 Å². The molecule has 2 unspecified atom stereocenters. The monoisotopic (exact) mass is 587 g/mol. The Kier molecular flexibility index (Phi) is 7.29. The lowest BCUT2D eigenvalue weighted by Gasteiger charge is -2.50. The summed E-state index contributed by atoms with van der Waals surface area (Å²) in [4.78, 5) is 43.2. The van der Waals surface area contributed by atoms with E-state index in [9.17, 15) is 34.8 Å². The molecule has 1 amide bonds. The molecule has 1 heterocycles. The maximum absolute atomic E-state index is 14.0. The van der Waals surface area contributed by atoms with E-state index in [2.05, 4.69) is 25.7 Å². The van der Waals surface area contributed by atoms with Gasteiger partial charge in [-0.2, -0.15) is 0 Å². The number of likely N-dealkylation sites (N-methyl/N-ethyl adjacent to an activating group) is 1. The number of aromatic hydroxyl groups is 1. The lowest BCUT2D eigenvalue weighted by atomic mass is 9.57. The summed E-state index contributed by atoms with van der Waals surface area (Å²) in [5, 5.41) is 45.8. The molecule has 0 aromatic heterocycles. The average Bonchev–Trinajstić information content (AvgIpc) is 3.22. The third-order valence-corrected chi connectivity index (χ3v) is 9.89. The minimum atomic E-state index is -2.67. The number of amides is 1. The lowest BCUT2D eigenvalue weighted by molar-refractivity contribution is -0.153. The summed E-state index contributed by atoms with van der Waals surface area (Å²) in [6, 6.07) is 0.726. The molecule has 0 bridgehead atoms. The maximum Gasteiger partial charge on any atom is 0.255 e. The summed E-state index contributed by atoms with van der Waals surface area (Å²) < 4.78 is 0. The summed E-state index contributed by atoms with van der Waals surface area (Å²) in [6.07, 6.45) is 2.02. The number of Topliss-reactive ketones (excluding diaryl/α,β-unsaturated/α-hetero) is 2. The number of benzene rings is 1. The van der Waals surface area contributed by atoms with Crippen LogP contribution in [0, 0.1) is 17.8 Å². The van der Waals surface area contributed by atoms with Crippen molar-refractivity contribution >= 4 is 34.8 Å². The van der Waals surface area contributed by atoms with Gasteiger partial charge in [-0.25, -0.2) is 0 Å². The smallest absolute Gasteiger partial charge is 0.255 e. The second-order valence-electron chi connectivity index (χ2n) is 12.6. The van der Waals surface area contributed by atoms with E-state index in [1.165, 1.54) is 4.90 Å². The van der Waals surface area contributed by atoms with Gasteiger partial charge in [-0.05, 0) is 75.7 Å². The molecular weight excluding hydrogens is 550 g/mol. The van der Waals surface area contributed by atoms with Crippen molar-refractivity contribution < 1.29 is 34.8 Å². The minimum Gasteiger partial charge on any atom is -0.508 e. The number of nitrogens with zero attached hydrogens (tertiary/aromatic N) is 2. The quantitative estimate of drug-likeness (QED) is 0.326. The van der Waals surface area contributed by atoms with Gasteiger partial charge in [-0.1, -0.05) is 25.4 Å². The van der Waals surface area contributed by atoms with Crippen LogP contribution in [0.3, 0.4) is 0 Å². The molecule has 1 aromatic rings. The van der Waals surface area contributed by atoms with Gasteiger partial charge >= 0.3 is 0 Å².